The minimum atomic E-state index is -0.593. The quantitative estimate of drug-likeness (QED) is 0.769. The third-order valence-electron chi connectivity index (χ3n) is 2.28. The van der Waals surface area contributed by atoms with Gasteiger partial charge >= 0.3 is 0 Å². The van der Waals surface area contributed by atoms with Crippen molar-refractivity contribution in [2.24, 2.45) is 5.18 Å². The zero-order chi connectivity index (χ0) is 11.7. The van der Waals surface area contributed by atoms with Crippen molar-refractivity contribution in [1.82, 2.24) is 9.78 Å². The van der Waals surface area contributed by atoms with Gasteiger partial charge in [0, 0.05) is 5.39 Å². The van der Waals surface area contributed by atoms with E-state index in [0.29, 0.717) is 10.9 Å². The number of fused-ring (bicyclic) bond motifs is 1. The Morgan fingerprint density at radius 2 is 2.31 bits per heavy atom. The number of aliphatic hydroxyl groups excluding tert-OH is 1. The van der Waals surface area contributed by atoms with Gasteiger partial charge in [0.1, 0.15) is 11.3 Å². The van der Waals surface area contributed by atoms with Crippen molar-refractivity contribution in [3.05, 3.63) is 23.2 Å². The van der Waals surface area contributed by atoms with Crippen molar-refractivity contribution < 1.29 is 10.2 Å². The van der Waals surface area contributed by atoms with E-state index in [9.17, 15) is 15.1 Å². The van der Waals surface area contributed by atoms with Crippen molar-refractivity contribution in [2.75, 3.05) is 0 Å². The van der Waals surface area contributed by atoms with Crippen LogP contribution in [0.3, 0.4) is 0 Å². The zero-order valence-electron chi connectivity index (χ0n) is 8.66. The fraction of sp³-hybridized carbons (Fsp3) is 0.300. The Bertz CT molecular complexity index is 533. The van der Waals surface area contributed by atoms with E-state index in [-0.39, 0.29) is 18.0 Å². The first-order chi connectivity index (χ1) is 7.63. The summed E-state index contributed by atoms with van der Waals surface area (Å²) < 4.78 is 1.45. The van der Waals surface area contributed by atoms with Gasteiger partial charge in [-0.3, -0.25) is 4.68 Å². The maximum Gasteiger partial charge on any atom is 0.175 e. The predicted molar refractivity (Wildman–Crippen MR) is 58.5 cm³/mol. The molecular formula is C10H11N3O3. The van der Waals surface area contributed by atoms with Crippen molar-refractivity contribution >= 4 is 16.6 Å². The first-order valence-corrected chi connectivity index (χ1v) is 4.82. The van der Waals surface area contributed by atoms with E-state index < -0.39 is 6.10 Å². The van der Waals surface area contributed by atoms with Crippen LogP contribution in [0, 0.1) is 4.91 Å². The van der Waals surface area contributed by atoms with Crippen molar-refractivity contribution in [2.45, 2.75) is 19.6 Å². The normalized spacial score (nSPS) is 12.9. The molecule has 0 bridgehead atoms. The summed E-state index contributed by atoms with van der Waals surface area (Å²) in [6, 6.07) is 3.04. The van der Waals surface area contributed by atoms with E-state index >= 15 is 0 Å². The largest absolute Gasteiger partial charge is 0.505 e. The molecule has 16 heavy (non-hydrogen) atoms. The Hall–Kier alpha value is -1.95. The zero-order valence-corrected chi connectivity index (χ0v) is 8.66. The van der Waals surface area contributed by atoms with Gasteiger partial charge in [-0.2, -0.15) is 5.10 Å². The molecule has 1 unspecified atom stereocenters. The Morgan fingerprint density at radius 3 is 2.94 bits per heavy atom. The van der Waals surface area contributed by atoms with Crippen LogP contribution < -0.4 is 0 Å². The first kappa shape index (κ1) is 10.6. The fourth-order valence-electron chi connectivity index (χ4n) is 1.63. The maximum atomic E-state index is 10.7. The molecule has 84 valence electrons. The molecular weight excluding hydrogens is 210 g/mol. The second kappa shape index (κ2) is 3.90. The van der Waals surface area contributed by atoms with Gasteiger partial charge in [-0.05, 0) is 24.2 Å². The molecule has 2 rings (SSSR count). The Balaban J connectivity index is 2.67. The van der Waals surface area contributed by atoms with Crippen LogP contribution in [0.15, 0.2) is 23.5 Å². The summed E-state index contributed by atoms with van der Waals surface area (Å²) >= 11 is 0. The molecule has 1 atom stereocenters. The maximum absolute atomic E-state index is 10.7. The molecule has 0 spiro atoms. The summed E-state index contributed by atoms with van der Waals surface area (Å²) in [6.45, 7) is 1.86. The molecule has 2 aromatic rings. The lowest BCUT2D eigenvalue weighted by Crippen LogP contribution is -2.12. The van der Waals surface area contributed by atoms with Gasteiger partial charge in [0.05, 0.1) is 18.8 Å². The lowest BCUT2D eigenvalue weighted by molar-refractivity contribution is 0.170. The van der Waals surface area contributed by atoms with Crippen molar-refractivity contribution in [3.8, 4) is 5.75 Å². The van der Waals surface area contributed by atoms with Gasteiger partial charge < -0.3 is 10.2 Å². The van der Waals surface area contributed by atoms with Crippen LogP contribution in [0.4, 0.5) is 5.69 Å². The molecule has 0 saturated carbocycles. The highest BCUT2D eigenvalue weighted by atomic mass is 16.3. The summed E-state index contributed by atoms with van der Waals surface area (Å²) in [7, 11) is 0. The third kappa shape index (κ3) is 1.63. The van der Waals surface area contributed by atoms with Crippen LogP contribution in [0.5, 0.6) is 5.75 Å². The average Bonchev–Trinajstić information content (AvgIpc) is 2.61. The smallest absolute Gasteiger partial charge is 0.175 e. The molecule has 0 amide bonds. The fourth-order valence-corrected chi connectivity index (χ4v) is 1.63. The van der Waals surface area contributed by atoms with Gasteiger partial charge in [-0.15, -0.1) is 4.91 Å². The van der Waals surface area contributed by atoms with Crippen LogP contribution in [0.1, 0.15) is 6.92 Å². The number of phenols is 1. The number of aromatic hydroxyl groups is 1. The number of nitrogens with zero attached hydrogens (tertiary/aromatic N) is 3. The Kier molecular flexibility index (Phi) is 2.57. The molecule has 0 aliphatic carbocycles. The number of rotatable bonds is 3. The molecule has 2 N–H and O–H groups in total. The number of phenolic OH excluding ortho intramolecular Hbond substituents is 1. The van der Waals surface area contributed by atoms with Crippen LogP contribution in [-0.4, -0.2) is 26.1 Å². The minimum Gasteiger partial charge on any atom is -0.505 e. The molecule has 1 aromatic carbocycles. The first-order valence-electron chi connectivity index (χ1n) is 4.82. The van der Waals surface area contributed by atoms with Crippen molar-refractivity contribution in [1.29, 1.82) is 0 Å². The number of benzene rings is 1. The lowest BCUT2D eigenvalue weighted by atomic mass is 10.2. The molecule has 0 aliphatic rings. The summed E-state index contributed by atoms with van der Waals surface area (Å²) in [4.78, 5) is 10.7. The number of hydrogen-bond acceptors (Lipinski definition) is 5. The highest BCUT2D eigenvalue weighted by Crippen LogP contribution is 2.34. The number of hydrogen-bond donors (Lipinski definition) is 2. The highest BCUT2D eigenvalue weighted by Gasteiger charge is 2.13. The third-order valence-corrected chi connectivity index (χ3v) is 2.28. The van der Waals surface area contributed by atoms with Gasteiger partial charge in [0.2, 0.25) is 0 Å². The van der Waals surface area contributed by atoms with Gasteiger partial charge in [-0.1, -0.05) is 0 Å². The molecule has 0 fully saturated rings. The number of aromatic nitrogens is 2. The molecule has 1 aromatic heterocycles. The highest BCUT2D eigenvalue weighted by molar-refractivity contribution is 5.92. The molecule has 0 radical (unpaired) electrons. The van der Waals surface area contributed by atoms with Crippen LogP contribution in [-0.2, 0) is 6.54 Å². The lowest BCUT2D eigenvalue weighted by Gasteiger charge is -2.07. The standard InChI is InChI=1S/C10H11N3O3/c1-6(14)5-13-10-7(4-11-13)2-3-8(15)9(10)12-16/h2-4,6,14-15H,5H2,1H3. The summed E-state index contributed by atoms with van der Waals surface area (Å²) in [5.74, 6) is -0.185. The van der Waals surface area contributed by atoms with Crippen molar-refractivity contribution in [3.63, 3.8) is 0 Å². The second-order valence-electron chi connectivity index (χ2n) is 3.64. The number of nitroso groups, excluding NO2 is 1. The van der Waals surface area contributed by atoms with Crippen LogP contribution >= 0.6 is 0 Å². The molecule has 6 heteroatoms. The summed E-state index contributed by atoms with van der Waals surface area (Å²) in [5.41, 5.74) is 0.395. The average molecular weight is 221 g/mol. The summed E-state index contributed by atoms with van der Waals surface area (Å²) in [5, 5.41) is 26.3. The van der Waals surface area contributed by atoms with E-state index in [1.807, 2.05) is 0 Å². The molecule has 6 nitrogen and oxygen atoms in total. The topological polar surface area (TPSA) is 87.7 Å². The Labute approximate surface area is 91.1 Å². The van der Waals surface area contributed by atoms with E-state index in [0.717, 1.165) is 0 Å². The van der Waals surface area contributed by atoms with Gasteiger partial charge in [0.15, 0.2) is 5.69 Å². The predicted octanol–water partition coefficient (Wildman–Crippen LogP) is 1.52. The van der Waals surface area contributed by atoms with E-state index in [4.69, 9.17) is 0 Å². The minimum absolute atomic E-state index is 0.0457. The SMILES string of the molecule is CC(O)Cn1ncc2ccc(O)c(N=O)c21. The monoisotopic (exact) mass is 221 g/mol. The second-order valence-corrected chi connectivity index (χ2v) is 3.64. The Morgan fingerprint density at radius 1 is 1.56 bits per heavy atom. The van der Waals surface area contributed by atoms with E-state index in [1.165, 1.54) is 10.7 Å². The van der Waals surface area contributed by atoms with Gasteiger partial charge in [-0.25, -0.2) is 0 Å². The number of aliphatic hydroxyl groups is 1. The van der Waals surface area contributed by atoms with E-state index in [1.54, 1.807) is 19.2 Å². The molecule has 0 saturated heterocycles. The molecule has 0 aliphatic heterocycles. The van der Waals surface area contributed by atoms with Gasteiger partial charge in [0.25, 0.3) is 0 Å². The van der Waals surface area contributed by atoms with Crippen LogP contribution in [0.25, 0.3) is 10.9 Å². The summed E-state index contributed by atoms with van der Waals surface area (Å²) in [6.07, 6.45) is 0.969. The molecule has 1 heterocycles. The van der Waals surface area contributed by atoms with E-state index in [2.05, 4.69) is 10.3 Å². The van der Waals surface area contributed by atoms with Crippen LogP contribution in [0.2, 0.25) is 0 Å².